The Balaban J connectivity index is -0.00000112. The molecule has 0 unspecified atom stereocenters. The van der Waals surface area contributed by atoms with Crippen molar-refractivity contribution in [2.24, 2.45) is 0 Å². The summed E-state index contributed by atoms with van der Waals surface area (Å²) < 4.78 is 4.95. The van der Waals surface area contributed by atoms with Crippen molar-refractivity contribution in [1.29, 1.82) is 0 Å². The Kier molecular flexibility index (Phi) is 9.70. The van der Waals surface area contributed by atoms with Crippen LogP contribution < -0.4 is 10.6 Å². The number of hydrogen-bond acceptors (Lipinski definition) is 3. The van der Waals surface area contributed by atoms with Crippen LogP contribution in [0.1, 0.15) is 36.0 Å². The highest BCUT2D eigenvalue weighted by Crippen LogP contribution is 1.86. The summed E-state index contributed by atoms with van der Waals surface area (Å²) in [5.74, 6) is -0.0141. The van der Waals surface area contributed by atoms with Crippen LogP contribution in [0.4, 0.5) is 0 Å². The van der Waals surface area contributed by atoms with E-state index in [1.165, 1.54) is 0 Å². The van der Waals surface area contributed by atoms with Gasteiger partial charge in [-0.2, -0.15) is 0 Å². The van der Waals surface area contributed by atoms with E-state index < -0.39 is 0 Å². The van der Waals surface area contributed by atoms with Gasteiger partial charge in [0.1, 0.15) is 6.61 Å². The maximum absolute atomic E-state index is 11.1. The molecule has 98 valence electrons. The molecule has 0 atom stereocenters. The molecule has 2 N–H and O–H groups in total. The van der Waals surface area contributed by atoms with E-state index in [1.54, 1.807) is 0 Å². The van der Waals surface area contributed by atoms with Crippen molar-refractivity contribution < 1.29 is 17.2 Å². The highest BCUT2D eigenvalue weighted by atomic mass is 16.5. The first-order chi connectivity index (χ1) is 7.70. The van der Waals surface area contributed by atoms with Gasteiger partial charge in [-0.05, 0) is 19.8 Å². The second-order valence-electron chi connectivity index (χ2n) is 3.40. The first kappa shape index (κ1) is 14.9. The fourth-order valence-corrected chi connectivity index (χ4v) is 1.08. The third-order valence-electron chi connectivity index (χ3n) is 2.01. The van der Waals surface area contributed by atoms with E-state index in [1.807, 2.05) is 13.8 Å². The fraction of sp³-hybridized carbons (Fsp3) is 0.818. The minimum absolute atomic E-state index is 0. The van der Waals surface area contributed by atoms with Crippen molar-refractivity contribution in [3.05, 3.63) is 0 Å². The van der Waals surface area contributed by atoms with Crippen LogP contribution >= 0.6 is 0 Å². The van der Waals surface area contributed by atoms with E-state index in [4.69, 9.17) is 4.74 Å². The molecule has 0 bridgehead atoms. The monoisotopic (exact) mass is 234 g/mol. The Hall–Kier alpha value is -1.10. The third kappa shape index (κ3) is 9.45. The minimum atomic E-state index is -0.0838. The summed E-state index contributed by atoms with van der Waals surface area (Å²) >= 11 is 0. The Labute approximate surface area is 99.9 Å². The van der Waals surface area contributed by atoms with Crippen molar-refractivity contribution in [1.82, 2.24) is 10.6 Å². The van der Waals surface area contributed by atoms with Gasteiger partial charge in [0, 0.05) is 29.0 Å². The lowest BCUT2D eigenvalue weighted by atomic mass is 10.3. The summed E-state index contributed by atoms with van der Waals surface area (Å²) in [6.07, 6.45) is 2.26. The molecule has 0 spiro atoms. The van der Waals surface area contributed by atoms with Crippen LogP contribution in [-0.4, -0.2) is 38.1 Å². The zero-order chi connectivity index (χ0) is 12.2. The minimum Gasteiger partial charge on any atom is -0.372 e. The molecule has 0 aliphatic carbocycles. The lowest BCUT2D eigenvalue weighted by Crippen LogP contribution is -2.29. The number of amides is 2. The van der Waals surface area contributed by atoms with Gasteiger partial charge >= 0.3 is 0 Å². The standard InChI is InChI=1S/C11H22N2O3.2H2/c1-3-10(14)12-7-5-6-8-13-11(15)9-16-4-2;;/h3-9H2,1-2H3,(H,12,14)(H,13,15);2*1H. The number of nitrogens with one attached hydrogen (secondary N) is 2. The molecule has 16 heavy (non-hydrogen) atoms. The molecule has 0 aromatic carbocycles. The van der Waals surface area contributed by atoms with Gasteiger partial charge < -0.3 is 15.4 Å². The highest BCUT2D eigenvalue weighted by molar-refractivity contribution is 5.77. The Bertz CT molecular complexity index is 216. The first-order valence-corrected chi connectivity index (χ1v) is 5.81. The summed E-state index contributed by atoms with van der Waals surface area (Å²) in [6.45, 7) is 5.66. The van der Waals surface area contributed by atoms with Crippen molar-refractivity contribution in [3.8, 4) is 0 Å². The zero-order valence-electron chi connectivity index (χ0n) is 10.2. The summed E-state index contributed by atoms with van der Waals surface area (Å²) in [5.41, 5.74) is 0. The van der Waals surface area contributed by atoms with Crippen molar-refractivity contribution in [2.45, 2.75) is 33.1 Å². The van der Waals surface area contributed by atoms with E-state index in [-0.39, 0.29) is 21.3 Å². The first-order valence-electron chi connectivity index (χ1n) is 5.81. The Morgan fingerprint density at radius 1 is 1.06 bits per heavy atom. The smallest absolute Gasteiger partial charge is 0.245 e. The van der Waals surface area contributed by atoms with E-state index in [2.05, 4.69) is 10.6 Å². The molecule has 5 nitrogen and oxygen atoms in total. The number of rotatable bonds is 9. The molecule has 0 heterocycles. The van der Waals surface area contributed by atoms with Crippen LogP contribution in [0, 0.1) is 0 Å². The molecule has 0 saturated carbocycles. The van der Waals surface area contributed by atoms with Gasteiger partial charge in [0.25, 0.3) is 0 Å². The van der Waals surface area contributed by atoms with Crippen molar-refractivity contribution in [2.75, 3.05) is 26.3 Å². The predicted molar refractivity (Wildman–Crippen MR) is 66.3 cm³/mol. The maximum Gasteiger partial charge on any atom is 0.245 e. The number of carbonyl (C=O) groups is 2. The molecule has 5 heteroatoms. The quantitative estimate of drug-likeness (QED) is 0.583. The summed E-state index contributed by atoms with van der Waals surface area (Å²) in [4.78, 5) is 22.0. The number of hydrogen-bond donors (Lipinski definition) is 2. The van der Waals surface area contributed by atoms with Crippen molar-refractivity contribution >= 4 is 11.8 Å². The van der Waals surface area contributed by atoms with E-state index >= 15 is 0 Å². The van der Waals surface area contributed by atoms with Gasteiger partial charge in [0.2, 0.25) is 11.8 Å². The van der Waals surface area contributed by atoms with Crippen LogP contribution in [0.5, 0.6) is 0 Å². The van der Waals surface area contributed by atoms with Gasteiger partial charge in [-0.25, -0.2) is 0 Å². The molecule has 0 aliphatic heterocycles. The average molecular weight is 234 g/mol. The summed E-state index contributed by atoms with van der Waals surface area (Å²) in [5, 5.41) is 5.52. The second kappa shape index (κ2) is 10.4. The van der Waals surface area contributed by atoms with Crippen molar-refractivity contribution in [3.63, 3.8) is 0 Å². The molecule has 0 aromatic rings. The molecule has 0 aliphatic rings. The lowest BCUT2D eigenvalue weighted by molar-refractivity contribution is -0.125. The average Bonchev–Trinajstić information content (AvgIpc) is 2.30. The van der Waals surface area contributed by atoms with Gasteiger partial charge in [-0.15, -0.1) is 0 Å². The number of unbranched alkanes of at least 4 members (excludes halogenated alkanes) is 1. The third-order valence-corrected chi connectivity index (χ3v) is 2.01. The van der Waals surface area contributed by atoms with Gasteiger partial charge in [0.15, 0.2) is 0 Å². The topological polar surface area (TPSA) is 67.4 Å². The lowest BCUT2D eigenvalue weighted by Gasteiger charge is -2.05. The van der Waals surface area contributed by atoms with Crippen LogP contribution in [-0.2, 0) is 14.3 Å². The highest BCUT2D eigenvalue weighted by Gasteiger charge is 1.99. The molecular weight excluding hydrogens is 208 g/mol. The maximum atomic E-state index is 11.1. The normalized spacial score (nSPS) is 9.88. The van der Waals surface area contributed by atoms with E-state index in [9.17, 15) is 9.59 Å². The zero-order valence-corrected chi connectivity index (χ0v) is 10.2. The largest absolute Gasteiger partial charge is 0.372 e. The SMILES string of the molecule is CCOCC(=O)NCCCCNC(=O)CC.[HH].[HH]. The molecule has 0 fully saturated rings. The Morgan fingerprint density at radius 3 is 2.12 bits per heavy atom. The number of ether oxygens (including phenoxy) is 1. The van der Waals surface area contributed by atoms with Crippen LogP contribution in [0.25, 0.3) is 0 Å². The fourth-order valence-electron chi connectivity index (χ4n) is 1.08. The Morgan fingerprint density at radius 2 is 1.62 bits per heavy atom. The number of carbonyl (C=O) groups excluding carboxylic acids is 2. The molecular formula is C11H26N2O3. The molecule has 0 aromatic heterocycles. The summed E-state index contributed by atoms with van der Waals surface area (Å²) in [7, 11) is 0. The molecule has 0 saturated heterocycles. The van der Waals surface area contributed by atoms with E-state index in [0.29, 0.717) is 26.1 Å². The van der Waals surface area contributed by atoms with Gasteiger partial charge in [-0.1, -0.05) is 6.92 Å². The van der Waals surface area contributed by atoms with Crippen LogP contribution in [0.2, 0.25) is 0 Å². The van der Waals surface area contributed by atoms with Gasteiger partial charge in [-0.3, -0.25) is 9.59 Å². The molecule has 0 radical (unpaired) electrons. The van der Waals surface area contributed by atoms with Crippen LogP contribution in [0.3, 0.4) is 0 Å². The molecule has 2 amide bonds. The molecule has 0 rings (SSSR count). The second-order valence-corrected chi connectivity index (χ2v) is 3.40. The van der Waals surface area contributed by atoms with Gasteiger partial charge in [0.05, 0.1) is 0 Å². The van der Waals surface area contributed by atoms with E-state index in [0.717, 1.165) is 12.8 Å². The predicted octanol–water partition coefficient (Wildman–Crippen LogP) is 0.937. The van der Waals surface area contributed by atoms with Crippen LogP contribution in [0.15, 0.2) is 0 Å². The summed E-state index contributed by atoms with van der Waals surface area (Å²) in [6, 6.07) is 0.